The SMILES string of the molecule is CC1CN(c2cc(=O)[nH]c(C3CC3)n2)CCCO1. The van der Waals surface area contributed by atoms with Crippen LogP contribution >= 0.6 is 0 Å². The van der Waals surface area contributed by atoms with Gasteiger partial charge in [-0.25, -0.2) is 4.98 Å². The van der Waals surface area contributed by atoms with Gasteiger partial charge in [0.25, 0.3) is 5.56 Å². The maximum absolute atomic E-state index is 11.7. The Morgan fingerprint density at radius 1 is 1.50 bits per heavy atom. The zero-order valence-electron chi connectivity index (χ0n) is 10.7. The predicted octanol–water partition coefficient (Wildman–Crippen LogP) is 1.26. The van der Waals surface area contributed by atoms with Crippen molar-refractivity contribution in [2.45, 2.75) is 38.2 Å². The number of H-pyrrole nitrogens is 1. The number of hydrogen-bond donors (Lipinski definition) is 1. The van der Waals surface area contributed by atoms with Crippen molar-refractivity contribution < 1.29 is 4.74 Å². The average Bonchev–Trinajstić information content (AvgIpc) is 3.14. The van der Waals surface area contributed by atoms with Crippen molar-refractivity contribution in [3.05, 3.63) is 22.2 Å². The van der Waals surface area contributed by atoms with E-state index < -0.39 is 0 Å². The summed E-state index contributed by atoms with van der Waals surface area (Å²) in [4.78, 5) is 21.3. The Morgan fingerprint density at radius 2 is 2.33 bits per heavy atom. The molecule has 18 heavy (non-hydrogen) atoms. The van der Waals surface area contributed by atoms with Crippen LogP contribution < -0.4 is 10.5 Å². The first-order valence-corrected chi connectivity index (χ1v) is 6.70. The lowest BCUT2D eigenvalue weighted by Crippen LogP contribution is -2.32. The molecule has 5 heteroatoms. The highest BCUT2D eigenvalue weighted by Gasteiger charge is 2.27. The molecule has 0 radical (unpaired) electrons. The summed E-state index contributed by atoms with van der Waals surface area (Å²) in [7, 11) is 0. The number of nitrogens with one attached hydrogen (secondary N) is 1. The van der Waals surface area contributed by atoms with E-state index in [4.69, 9.17) is 4.74 Å². The van der Waals surface area contributed by atoms with E-state index in [9.17, 15) is 4.79 Å². The largest absolute Gasteiger partial charge is 0.377 e. The van der Waals surface area contributed by atoms with Gasteiger partial charge in [0.1, 0.15) is 11.6 Å². The summed E-state index contributed by atoms with van der Waals surface area (Å²) in [6.07, 6.45) is 3.47. The van der Waals surface area contributed by atoms with Crippen LogP contribution in [0.1, 0.15) is 37.9 Å². The van der Waals surface area contributed by atoms with Gasteiger partial charge in [-0.2, -0.15) is 0 Å². The molecule has 1 atom stereocenters. The molecule has 1 N–H and O–H groups in total. The van der Waals surface area contributed by atoms with Crippen molar-refractivity contribution in [3.8, 4) is 0 Å². The Hall–Kier alpha value is -1.36. The van der Waals surface area contributed by atoms with Gasteiger partial charge in [-0.05, 0) is 26.2 Å². The molecule has 2 fully saturated rings. The summed E-state index contributed by atoms with van der Waals surface area (Å²) in [5, 5.41) is 0. The second-order valence-corrected chi connectivity index (χ2v) is 5.24. The monoisotopic (exact) mass is 249 g/mol. The summed E-state index contributed by atoms with van der Waals surface area (Å²) in [5.41, 5.74) is -0.0419. The Labute approximate surface area is 106 Å². The fraction of sp³-hybridized carbons (Fsp3) is 0.692. The van der Waals surface area contributed by atoms with Crippen LogP contribution in [0.3, 0.4) is 0 Å². The van der Waals surface area contributed by atoms with E-state index in [0.717, 1.165) is 50.6 Å². The first-order valence-electron chi connectivity index (χ1n) is 6.70. The standard InChI is InChI=1S/C13H19N3O2/c1-9-8-16(5-2-6-18-9)11-7-12(17)15-13(14-11)10-3-4-10/h7,9-10H,2-6,8H2,1H3,(H,14,15,17). The molecule has 1 aromatic heterocycles. The summed E-state index contributed by atoms with van der Waals surface area (Å²) < 4.78 is 5.62. The van der Waals surface area contributed by atoms with E-state index in [-0.39, 0.29) is 11.7 Å². The summed E-state index contributed by atoms with van der Waals surface area (Å²) >= 11 is 0. The Bertz CT molecular complexity index is 481. The van der Waals surface area contributed by atoms with Gasteiger partial charge in [-0.15, -0.1) is 0 Å². The minimum Gasteiger partial charge on any atom is -0.377 e. The van der Waals surface area contributed by atoms with Gasteiger partial charge in [0.15, 0.2) is 0 Å². The van der Waals surface area contributed by atoms with E-state index >= 15 is 0 Å². The zero-order chi connectivity index (χ0) is 12.5. The number of rotatable bonds is 2. The molecular weight excluding hydrogens is 230 g/mol. The van der Waals surface area contributed by atoms with E-state index in [0.29, 0.717) is 5.92 Å². The number of aromatic nitrogens is 2. The molecule has 3 rings (SSSR count). The first kappa shape index (κ1) is 11.7. The molecule has 2 aliphatic rings. The normalized spacial score (nSPS) is 24.9. The molecule has 1 aliphatic carbocycles. The van der Waals surface area contributed by atoms with Crippen molar-refractivity contribution in [2.24, 2.45) is 0 Å². The number of anilines is 1. The van der Waals surface area contributed by atoms with Gasteiger partial charge in [-0.1, -0.05) is 0 Å². The lowest BCUT2D eigenvalue weighted by molar-refractivity contribution is 0.0820. The highest BCUT2D eigenvalue weighted by molar-refractivity contribution is 5.38. The first-order chi connectivity index (χ1) is 8.72. The highest BCUT2D eigenvalue weighted by atomic mass is 16.5. The second-order valence-electron chi connectivity index (χ2n) is 5.24. The number of aromatic amines is 1. The second kappa shape index (κ2) is 4.72. The van der Waals surface area contributed by atoms with Crippen LogP contribution in [0.15, 0.2) is 10.9 Å². The van der Waals surface area contributed by atoms with Crippen molar-refractivity contribution in [2.75, 3.05) is 24.6 Å². The molecular formula is C13H19N3O2. The van der Waals surface area contributed by atoms with E-state index in [1.54, 1.807) is 6.07 Å². The molecule has 0 spiro atoms. The molecule has 1 aromatic rings. The Kier molecular flexibility index (Phi) is 3.07. The lowest BCUT2D eigenvalue weighted by Gasteiger charge is -2.23. The highest BCUT2D eigenvalue weighted by Crippen LogP contribution is 2.37. The lowest BCUT2D eigenvalue weighted by atomic mass is 10.3. The Morgan fingerprint density at radius 3 is 3.11 bits per heavy atom. The number of hydrogen-bond acceptors (Lipinski definition) is 4. The van der Waals surface area contributed by atoms with Gasteiger partial charge >= 0.3 is 0 Å². The predicted molar refractivity (Wildman–Crippen MR) is 69.1 cm³/mol. The maximum Gasteiger partial charge on any atom is 0.252 e. The van der Waals surface area contributed by atoms with E-state index in [2.05, 4.69) is 21.8 Å². The third-order valence-electron chi connectivity index (χ3n) is 3.49. The summed E-state index contributed by atoms with van der Waals surface area (Å²) in [5.74, 6) is 2.13. The van der Waals surface area contributed by atoms with Crippen LogP contribution in [0.25, 0.3) is 0 Å². The van der Waals surface area contributed by atoms with Crippen LogP contribution in [-0.2, 0) is 4.74 Å². The van der Waals surface area contributed by atoms with Crippen LogP contribution in [0.4, 0.5) is 5.82 Å². The Balaban J connectivity index is 1.87. The van der Waals surface area contributed by atoms with Crippen LogP contribution in [0.5, 0.6) is 0 Å². The molecule has 5 nitrogen and oxygen atoms in total. The van der Waals surface area contributed by atoms with E-state index in [1.807, 2.05) is 0 Å². The van der Waals surface area contributed by atoms with Gasteiger partial charge in [0.05, 0.1) is 6.10 Å². The molecule has 0 amide bonds. The van der Waals surface area contributed by atoms with Crippen molar-refractivity contribution in [1.82, 2.24) is 9.97 Å². The molecule has 1 aliphatic heterocycles. The topological polar surface area (TPSA) is 58.2 Å². The third kappa shape index (κ3) is 2.56. The van der Waals surface area contributed by atoms with Gasteiger partial charge in [0.2, 0.25) is 0 Å². The minimum absolute atomic E-state index is 0.0419. The molecule has 1 saturated carbocycles. The van der Waals surface area contributed by atoms with Gasteiger partial charge in [-0.3, -0.25) is 4.79 Å². The summed E-state index contributed by atoms with van der Waals surface area (Å²) in [6, 6.07) is 1.60. The van der Waals surface area contributed by atoms with Crippen molar-refractivity contribution >= 4 is 5.82 Å². The van der Waals surface area contributed by atoms with Gasteiger partial charge < -0.3 is 14.6 Å². The zero-order valence-corrected chi connectivity index (χ0v) is 10.7. The van der Waals surface area contributed by atoms with Crippen LogP contribution in [0, 0.1) is 0 Å². The smallest absolute Gasteiger partial charge is 0.252 e. The number of nitrogens with zero attached hydrogens (tertiary/aromatic N) is 2. The van der Waals surface area contributed by atoms with Gasteiger partial charge in [0, 0.05) is 31.7 Å². The fourth-order valence-electron chi connectivity index (χ4n) is 2.38. The fourth-order valence-corrected chi connectivity index (χ4v) is 2.38. The van der Waals surface area contributed by atoms with Crippen molar-refractivity contribution in [1.29, 1.82) is 0 Å². The van der Waals surface area contributed by atoms with Crippen LogP contribution in [0.2, 0.25) is 0 Å². The maximum atomic E-state index is 11.7. The molecule has 0 aromatic carbocycles. The molecule has 2 heterocycles. The quantitative estimate of drug-likeness (QED) is 0.857. The minimum atomic E-state index is -0.0419. The molecule has 1 unspecified atom stereocenters. The summed E-state index contributed by atoms with van der Waals surface area (Å²) in [6.45, 7) is 4.56. The van der Waals surface area contributed by atoms with Crippen molar-refractivity contribution in [3.63, 3.8) is 0 Å². The van der Waals surface area contributed by atoms with Crippen LogP contribution in [-0.4, -0.2) is 35.8 Å². The third-order valence-corrected chi connectivity index (χ3v) is 3.49. The molecule has 0 bridgehead atoms. The van der Waals surface area contributed by atoms with E-state index in [1.165, 1.54) is 0 Å². The molecule has 1 saturated heterocycles. The molecule has 98 valence electrons. The number of ether oxygens (including phenoxy) is 1. The average molecular weight is 249 g/mol.